The van der Waals surface area contributed by atoms with E-state index in [0.717, 1.165) is 0 Å². The van der Waals surface area contributed by atoms with Crippen molar-refractivity contribution in [2.45, 2.75) is 60.8 Å². The third-order valence-electron chi connectivity index (χ3n) is 13.0. The van der Waals surface area contributed by atoms with E-state index in [1.807, 2.05) is 0 Å². The Balaban J connectivity index is 1.25. The maximum Gasteiger partial charge on any atom is 0.179 e. The molecule has 0 atom stereocenters. The van der Waals surface area contributed by atoms with Crippen LogP contribution in [0.5, 0.6) is 0 Å². The quantitative estimate of drug-likeness (QED) is 0.0962. The van der Waals surface area contributed by atoms with E-state index in [-0.39, 0.29) is 5.41 Å². The summed E-state index contributed by atoms with van der Waals surface area (Å²) in [4.78, 5) is 0. The van der Waals surface area contributed by atoms with Crippen LogP contribution in [0.1, 0.15) is 58.4 Å². The van der Waals surface area contributed by atoms with E-state index in [1.165, 1.54) is 86.0 Å². The molecule has 0 N–H and O–H groups in total. The average molecular weight is 797 g/mol. The molecule has 0 aliphatic rings. The molecule has 8 aromatic carbocycles. The van der Waals surface area contributed by atoms with Crippen LogP contribution in [0.2, 0.25) is 0 Å². The third-order valence-corrected chi connectivity index (χ3v) is 22.6. The zero-order valence-electron chi connectivity index (χ0n) is 36.0. The molecule has 0 heterocycles. The van der Waals surface area contributed by atoms with Crippen LogP contribution in [0.25, 0.3) is 0 Å². The first-order valence-corrected chi connectivity index (χ1v) is 25.1. The van der Waals surface area contributed by atoms with Crippen molar-refractivity contribution in [1.82, 2.24) is 0 Å². The van der Waals surface area contributed by atoms with E-state index in [4.69, 9.17) is 0 Å². The fourth-order valence-electron chi connectivity index (χ4n) is 9.26. The maximum atomic E-state index is 2.45. The molecule has 292 valence electrons. The molecule has 0 aromatic heterocycles. The van der Waals surface area contributed by atoms with Crippen molar-refractivity contribution < 1.29 is 0 Å². The summed E-state index contributed by atoms with van der Waals surface area (Å²) in [5, 5.41) is 11.2. The molecule has 0 fully saturated rings. The fraction of sp³-hybridized carbons (Fsp3) is 0.158. The molecule has 0 saturated heterocycles. The topological polar surface area (TPSA) is 0 Å². The van der Waals surface area contributed by atoms with E-state index in [1.54, 1.807) is 0 Å². The van der Waals surface area contributed by atoms with Crippen LogP contribution >= 0.6 is 0 Å². The second kappa shape index (κ2) is 16.1. The van der Waals surface area contributed by atoms with Gasteiger partial charge in [-0.1, -0.05) is 241 Å². The highest BCUT2D eigenvalue weighted by Crippen LogP contribution is 2.31. The zero-order chi connectivity index (χ0) is 41.4. The molecule has 0 aliphatic heterocycles. The minimum atomic E-state index is -2.66. The predicted molar refractivity (Wildman–Crippen MR) is 261 cm³/mol. The molecule has 0 amide bonds. The molecule has 8 aromatic rings. The Morgan fingerprint density at radius 1 is 0.220 bits per heavy atom. The van der Waals surface area contributed by atoms with Gasteiger partial charge in [-0.15, -0.1) is 0 Å². The Morgan fingerprint density at radius 2 is 0.356 bits per heavy atom. The van der Waals surface area contributed by atoms with Gasteiger partial charge in [-0.25, -0.2) is 0 Å². The highest BCUT2D eigenvalue weighted by molar-refractivity contribution is 7.20. The second-order valence-electron chi connectivity index (χ2n) is 17.5. The largest absolute Gasteiger partial charge is 0.179 e. The van der Waals surface area contributed by atoms with E-state index in [9.17, 15) is 0 Å². The summed E-state index contributed by atoms with van der Waals surface area (Å²) in [6.45, 7) is 17.9. The molecular formula is C57H56Si2. The average Bonchev–Trinajstić information content (AvgIpc) is 3.25. The lowest BCUT2D eigenvalue weighted by Crippen LogP contribution is -2.74. The number of hydrogen-bond donors (Lipinski definition) is 0. The van der Waals surface area contributed by atoms with Crippen LogP contribution in [-0.4, -0.2) is 16.1 Å². The normalized spacial score (nSPS) is 12.1. The van der Waals surface area contributed by atoms with Crippen LogP contribution in [0, 0.1) is 41.5 Å². The lowest BCUT2D eigenvalue weighted by molar-refractivity contribution is 0.641. The van der Waals surface area contributed by atoms with Gasteiger partial charge in [-0.05, 0) is 94.2 Å². The van der Waals surface area contributed by atoms with Crippen molar-refractivity contribution in [3.8, 4) is 0 Å². The molecule has 0 aliphatic carbocycles. The Hall–Kier alpha value is -5.81. The standard InChI is InChI=1S/C57H56Si2/c1-41-9-25-49(26-10-41)58(50-27-11-42(2)12-28-50,51-29-13-43(3)14-30-51)55-37-21-47(22-38-55)57(7,8)48-23-39-56(40-24-48)59(52-31-15-44(4)16-32-52,53-33-17-45(5)18-34-53)54-35-19-46(6)20-36-54/h9-40H,1-8H3. The van der Waals surface area contributed by atoms with Gasteiger partial charge in [0.05, 0.1) is 0 Å². The smallest absolute Gasteiger partial charge is 0.0616 e. The molecule has 0 nitrogen and oxygen atoms in total. The first kappa shape index (κ1) is 40.0. The molecule has 2 heteroatoms. The SMILES string of the molecule is Cc1ccc([Si](c2ccc(C)cc2)(c2ccc(C)cc2)c2ccc(C(C)(C)c3ccc([Si](c4ccc(C)cc4)(c4ccc(C)cc4)c4ccc(C)cc4)cc3)cc2)cc1. The van der Waals surface area contributed by atoms with E-state index in [0.29, 0.717) is 0 Å². The van der Waals surface area contributed by atoms with Gasteiger partial charge in [-0.2, -0.15) is 0 Å². The van der Waals surface area contributed by atoms with Crippen LogP contribution in [0.15, 0.2) is 194 Å². The first-order chi connectivity index (χ1) is 28.4. The van der Waals surface area contributed by atoms with Crippen molar-refractivity contribution >= 4 is 57.6 Å². The van der Waals surface area contributed by atoms with Gasteiger partial charge in [0.1, 0.15) is 0 Å². The minimum Gasteiger partial charge on any atom is -0.0616 e. The molecule has 0 saturated carbocycles. The molecular weight excluding hydrogens is 741 g/mol. The lowest BCUT2D eigenvalue weighted by atomic mass is 9.78. The van der Waals surface area contributed by atoms with Crippen molar-refractivity contribution in [1.29, 1.82) is 0 Å². The summed E-state index contributed by atoms with van der Waals surface area (Å²) in [6, 6.07) is 75.4. The molecule has 0 bridgehead atoms. The number of rotatable bonds is 10. The van der Waals surface area contributed by atoms with E-state index < -0.39 is 16.1 Å². The summed E-state index contributed by atoms with van der Waals surface area (Å²) in [6.07, 6.45) is 0. The van der Waals surface area contributed by atoms with Crippen LogP contribution in [-0.2, 0) is 5.41 Å². The Bertz CT molecular complexity index is 2240. The van der Waals surface area contributed by atoms with E-state index >= 15 is 0 Å². The van der Waals surface area contributed by atoms with Crippen LogP contribution in [0.3, 0.4) is 0 Å². The lowest BCUT2D eigenvalue weighted by Gasteiger charge is -2.36. The van der Waals surface area contributed by atoms with Crippen molar-refractivity contribution in [2.75, 3.05) is 0 Å². The minimum absolute atomic E-state index is 0.222. The van der Waals surface area contributed by atoms with Gasteiger partial charge in [0.25, 0.3) is 0 Å². The molecule has 0 unspecified atom stereocenters. The number of benzene rings is 8. The van der Waals surface area contributed by atoms with Gasteiger partial charge in [0.2, 0.25) is 0 Å². The number of hydrogen-bond acceptors (Lipinski definition) is 0. The summed E-state index contributed by atoms with van der Waals surface area (Å²) in [5.41, 5.74) is 10.1. The summed E-state index contributed by atoms with van der Waals surface area (Å²) in [7, 11) is -5.32. The zero-order valence-corrected chi connectivity index (χ0v) is 38.0. The van der Waals surface area contributed by atoms with Crippen LogP contribution < -0.4 is 41.5 Å². The van der Waals surface area contributed by atoms with Gasteiger partial charge in [0.15, 0.2) is 16.1 Å². The maximum absolute atomic E-state index is 2.66. The monoisotopic (exact) mass is 796 g/mol. The molecule has 0 spiro atoms. The molecule has 8 rings (SSSR count). The van der Waals surface area contributed by atoms with Gasteiger partial charge < -0.3 is 0 Å². The highest BCUT2D eigenvalue weighted by atomic mass is 28.3. The summed E-state index contributed by atoms with van der Waals surface area (Å²) < 4.78 is 0. The van der Waals surface area contributed by atoms with E-state index in [2.05, 4.69) is 250 Å². The third kappa shape index (κ3) is 7.30. The Labute approximate surface area is 355 Å². The van der Waals surface area contributed by atoms with Crippen molar-refractivity contribution in [3.63, 3.8) is 0 Å². The first-order valence-electron chi connectivity index (χ1n) is 21.1. The van der Waals surface area contributed by atoms with Crippen molar-refractivity contribution in [3.05, 3.63) is 239 Å². The molecule has 59 heavy (non-hydrogen) atoms. The number of aryl methyl sites for hydroxylation is 6. The summed E-state index contributed by atoms with van der Waals surface area (Å²) in [5.74, 6) is 0. The fourth-order valence-corrected chi connectivity index (χ4v) is 18.6. The Morgan fingerprint density at radius 3 is 0.508 bits per heavy atom. The summed E-state index contributed by atoms with van der Waals surface area (Å²) >= 11 is 0. The van der Waals surface area contributed by atoms with Gasteiger partial charge in [-0.3, -0.25) is 0 Å². The highest BCUT2D eigenvalue weighted by Gasteiger charge is 2.43. The van der Waals surface area contributed by atoms with Gasteiger partial charge >= 0.3 is 0 Å². The second-order valence-corrected chi connectivity index (χ2v) is 25.1. The van der Waals surface area contributed by atoms with Crippen molar-refractivity contribution in [2.24, 2.45) is 0 Å². The van der Waals surface area contributed by atoms with Crippen LogP contribution in [0.4, 0.5) is 0 Å². The van der Waals surface area contributed by atoms with Gasteiger partial charge in [0, 0.05) is 5.41 Å². The Kier molecular flexibility index (Phi) is 10.9. The molecule has 0 radical (unpaired) electrons. The predicted octanol–water partition coefficient (Wildman–Crippen LogP) is 8.62.